The van der Waals surface area contributed by atoms with Gasteiger partial charge < -0.3 is 0 Å². The Balaban J connectivity index is 2.96. The molecular formula is C8H11BrN2. The number of hydrogen-bond donors (Lipinski definition) is 0. The molecule has 1 aromatic heterocycles. The highest BCUT2D eigenvalue weighted by molar-refractivity contribution is 9.10. The lowest BCUT2D eigenvalue weighted by molar-refractivity contribution is 0.631. The lowest BCUT2D eigenvalue weighted by Crippen LogP contribution is -2.01. The zero-order valence-corrected chi connectivity index (χ0v) is 8.13. The third kappa shape index (κ3) is 1.71. The first-order chi connectivity index (χ1) is 5.29. The van der Waals surface area contributed by atoms with Crippen LogP contribution in [-0.2, 0) is 13.0 Å². The first kappa shape index (κ1) is 8.53. The second-order valence-corrected chi connectivity index (χ2v) is 3.10. The summed E-state index contributed by atoms with van der Waals surface area (Å²) in [6, 6.07) is 0. The number of rotatable bonds is 3. The number of aryl methyl sites for hydroxylation is 1. The van der Waals surface area contributed by atoms with Gasteiger partial charge in [-0.1, -0.05) is 6.08 Å². The van der Waals surface area contributed by atoms with Gasteiger partial charge in [-0.05, 0) is 22.9 Å². The molecule has 0 amide bonds. The average Bonchev–Trinajstić information content (AvgIpc) is 2.34. The summed E-state index contributed by atoms with van der Waals surface area (Å²) in [5.41, 5.74) is 1.20. The fourth-order valence-electron chi connectivity index (χ4n) is 1.000. The van der Waals surface area contributed by atoms with Crippen LogP contribution in [0, 0.1) is 0 Å². The molecule has 0 radical (unpaired) electrons. The third-order valence-corrected chi connectivity index (χ3v) is 2.20. The van der Waals surface area contributed by atoms with Crippen molar-refractivity contribution in [2.75, 3.05) is 0 Å². The van der Waals surface area contributed by atoms with Crippen LogP contribution in [0.1, 0.15) is 12.6 Å². The molecule has 0 aliphatic rings. The molecule has 0 bridgehead atoms. The van der Waals surface area contributed by atoms with Gasteiger partial charge in [0, 0.05) is 13.0 Å². The van der Waals surface area contributed by atoms with E-state index in [1.807, 2.05) is 17.0 Å². The Bertz CT molecular complexity index is 253. The number of aromatic nitrogens is 2. The van der Waals surface area contributed by atoms with Gasteiger partial charge in [-0.25, -0.2) is 0 Å². The Morgan fingerprint density at radius 2 is 2.55 bits per heavy atom. The Morgan fingerprint density at radius 3 is 3.09 bits per heavy atom. The van der Waals surface area contributed by atoms with Crippen molar-refractivity contribution < 1.29 is 0 Å². The zero-order valence-electron chi connectivity index (χ0n) is 6.55. The summed E-state index contributed by atoms with van der Waals surface area (Å²) >= 11 is 3.43. The maximum Gasteiger partial charge on any atom is 0.0635 e. The molecule has 11 heavy (non-hydrogen) atoms. The second-order valence-electron chi connectivity index (χ2n) is 2.25. The third-order valence-electron chi connectivity index (χ3n) is 1.53. The molecular weight excluding hydrogens is 204 g/mol. The van der Waals surface area contributed by atoms with Crippen molar-refractivity contribution in [1.82, 2.24) is 9.78 Å². The van der Waals surface area contributed by atoms with E-state index in [9.17, 15) is 0 Å². The minimum atomic E-state index is 0.869. The molecule has 0 spiro atoms. The van der Waals surface area contributed by atoms with E-state index in [2.05, 4.69) is 34.5 Å². The van der Waals surface area contributed by atoms with Crippen LogP contribution in [0.25, 0.3) is 0 Å². The molecule has 2 nitrogen and oxygen atoms in total. The predicted molar refractivity (Wildman–Crippen MR) is 49.5 cm³/mol. The van der Waals surface area contributed by atoms with Gasteiger partial charge in [0.2, 0.25) is 0 Å². The molecule has 1 heterocycles. The van der Waals surface area contributed by atoms with Crippen LogP contribution in [0.3, 0.4) is 0 Å². The highest BCUT2D eigenvalue weighted by atomic mass is 79.9. The molecule has 1 aromatic rings. The number of allylic oxidation sites excluding steroid dienone is 1. The van der Waals surface area contributed by atoms with Crippen LogP contribution in [0.5, 0.6) is 0 Å². The van der Waals surface area contributed by atoms with Gasteiger partial charge in [0.05, 0.1) is 16.4 Å². The SMILES string of the molecule is C=CCc1c(Br)cnn1CC. The largest absolute Gasteiger partial charge is 0.268 e. The lowest BCUT2D eigenvalue weighted by atomic mass is 10.3. The Morgan fingerprint density at radius 1 is 1.82 bits per heavy atom. The Hall–Kier alpha value is -0.570. The van der Waals surface area contributed by atoms with E-state index in [-0.39, 0.29) is 0 Å². The maximum atomic E-state index is 4.17. The first-order valence-corrected chi connectivity index (χ1v) is 4.40. The van der Waals surface area contributed by atoms with Crippen LogP contribution >= 0.6 is 15.9 Å². The van der Waals surface area contributed by atoms with E-state index in [0.717, 1.165) is 17.4 Å². The van der Waals surface area contributed by atoms with Gasteiger partial charge in [-0.2, -0.15) is 5.10 Å². The molecule has 0 saturated carbocycles. The summed E-state index contributed by atoms with van der Waals surface area (Å²) < 4.78 is 3.03. The van der Waals surface area contributed by atoms with E-state index in [1.165, 1.54) is 5.69 Å². The van der Waals surface area contributed by atoms with E-state index in [4.69, 9.17) is 0 Å². The van der Waals surface area contributed by atoms with Gasteiger partial charge in [0.1, 0.15) is 0 Å². The molecule has 0 unspecified atom stereocenters. The predicted octanol–water partition coefficient (Wildman–Crippen LogP) is 2.39. The monoisotopic (exact) mass is 214 g/mol. The summed E-state index contributed by atoms with van der Waals surface area (Å²) in [7, 11) is 0. The quantitative estimate of drug-likeness (QED) is 0.708. The fourth-order valence-corrected chi connectivity index (χ4v) is 1.46. The topological polar surface area (TPSA) is 17.8 Å². The zero-order chi connectivity index (χ0) is 8.27. The normalized spacial score (nSPS) is 10.0. The van der Waals surface area contributed by atoms with Crippen molar-refractivity contribution in [3.63, 3.8) is 0 Å². The second kappa shape index (κ2) is 3.72. The van der Waals surface area contributed by atoms with Gasteiger partial charge >= 0.3 is 0 Å². The van der Waals surface area contributed by atoms with Crippen molar-refractivity contribution in [3.05, 3.63) is 29.0 Å². The van der Waals surface area contributed by atoms with Gasteiger partial charge in [0.15, 0.2) is 0 Å². The molecule has 0 aliphatic heterocycles. The van der Waals surface area contributed by atoms with Gasteiger partial charge in [0.25, 0.3) is 0 Å². The Labute approximate surface area is 75.0 Å². The minimum absolute atomic E-state index is 0.869. The average molecular weight is 215 g/mol. The van der Waals surface area contributed by atoms with Crippen molar-refractivity contribution in [2.45, 2.75) is 19.9 Å². The van der Waals surface area contributed by atoms with Crippen LogP contribution in [0.4, 0.5) is 0 Å². The van der Waals surface area contributed by atoms with Crippen LogP contribution < -0.4 is 0 Å². The molecule has 0 atom stereocenters. The van der Waals surface area contributed by atoms with Crippen molar-refractivity contribution in [3.8, 4) is 0 Å². The van der Waals surface area contributed by atoms with Crippen molar-refractivity contribution in [2.24, 2.45) is 0 Å². The highest BCUT2D eigenvalue weighted by Gasteiger charge is 2.03. The van der Waals surface area contributed by atoms with Crippen molar-refractivity contribution >= 4 is 15.9 Å². The molecule has 1 rings (SSSR count). The van der Waals surface area contributed by atoms with Crippen LogP contribution in [-0.4, -0.2) is 9.78 Å². The van der Waals surface area contributed by atoms with Crippen molar-refractivity contribution in [1.29, 1.82) is 0 Å². The summed E-state index contributed by atoms with van der Waals surface area (Å²) in [6.07, 6.45) is 4.57. The van der Waals surface area contributed by atoms with E-state index in [0.29, 0.717) is 0 Å². The summed E-state index contributed by atoms with van der Waals surface area (Å²) in [5, 5.41) is 4.17. The number of nitrogens with zero attached hydrogens (tertiary/aromatic N) is 2. The highest BCUT2D eigenvalue weighted by Crippen LogP contribution is 2.16. The number of hydrogen-bond acceptors (Lipinski definition) is 1. The lowest BCUT2D eigenvalue weighted by Gasteiger charge is -2.00. The summed E-state index contributed by atoms with van der Waals surface area (Å²) in [6.45, 7) is 6.68. The minimum Gasteiger partial charge on any atom is -0.268 e. The first-order valence-electron chi connectivity index (χ1n) is 3.60. The fraction of sp³-hybridized carbons (Fsp3) is 0.375. The number of halogens is 1. The smallest absolute Gasteiger partial charge is 0.0635 e. The molecule has 0 N–H and O–H groups in total. The molecule has 3 heteroatoms. The summed E-state index contributed by atoms with van der Waals surface area (Å²) in [4.78, 5) is 0. The van der Waals surface area contributed by atoms with E-state index in [1.54, 1.807) is 0 Å². The molecule has 0 aromatic carbocycles. The molecule has 0 aliphatic carbocycles. The Kier molecular flexibility index (Phi) is 2.88. The summed E-state index contributed by atoms with van der Waals surface area (Å²) in [5.74, 6) is 0. The van der Waals surface area contributed by atoms with Crippen LogP contribution in [0.2, 0.25) is 0 Å². The van der Waals surface area contributed by atoms with Gasteiger partial charge in [-0.15, -0.1) is 6.58 Å². The molecule has 0 saturated heterocycles. The van der Waals surface area contributed by atoms with Gasteiger partial charge in [-0.3, -0.25) is 4.68 Å². The molecule has 60 valence electrons. The molecule has 0 fully saturated rings. The standard InChI is InChI=1S/C8H11BrN2/c1-3-5-8-7(9)6-10-11(8)4-2/h3,6H,1,4-5H2,2H3. The van der Waals surface area contributed by atoms with E-state index < -0.39 is 0 Å². The maximum absolute atomic E-state index is 4.17. The van der Waals surface area contributed by atoms with Crippen LogP contribution in [0.15, 0.2) is 23.3 Å². The van der Waals surface area contributed by atoms with E-state index >= 15 is 0 Å².